The molecule has 0 N–H and O–H groups in total. The molecule has 244 valence electrons. The van der Waals surface area contributed by atoms with Crippen LogP contribution in [0.25, 0.3) is 0 Å². The molecule has 0 aromatic carbocycles. The molecule has 43 heavy (non-hydrogen) atoms. The predicted molar refractivity (Wildman–Crippen MR) is 156 cm³/mol. The summed E-state index contributed by atoms with van der Waals surface area (Å²) in [6.07, 6.45) is 12.8. The Hall–Kier alpha value is -2.20. The normalized spacial score (nSPS) is 30.4. The molecule has 4 fully saturated rings. The minimum atomic E-state index is -0.592. The number of fused-ring (bicyclic) bond motifs is 2. The average molecular weight is 609 g/mol. The van der Waals surface area contributed by atoms with Gasteiger partial charge in [-0.3, -0.25) is 19.2 Å². The van der Waals surface area contributed by atoms with E-state index in [-0.39, 0.29) is 49.6 Å². The summed E-state index contributed by atoms with van der Waals surface area (Å²) in [5.74, 6) is -3.87. The van der Waals surface area contributed by atoms with Gasteiger partial charge in [0.2, 0.25) is 0 Å². The fourth-order valence-corrected chi connectivity index (χ4v) is 6.48. The molecule has 4 rings (SSSR count). The average Bonchev–Trinajstić information content (AvgIpc) is 3.93. The first-order valence-corrected chi connectivity index (χ1v) is 16.9. The second-order valence-corrected chi connectivity index (χ2v) is 12.6. The van der Waals surface area contributed by atoms with Crippen molar-refractivity contribution in [1.29, 1.82) is 0 Å². The van der Waals surface area contributed by atoms with Crippen molar-refractivity contribution in [2.45, 2.75) is 135 Å². The molecule has 0 radical (unpaired) electrons. The zero-order chi connectivity index (χ0) is 30.6. The Morgan fingerprint density at radius 3 is 1.02 bits per heavy atom. The molecule has 2 heterocycles. The van der Waals surface area contributed by atoms with Crippen molar-refractivity contribution in [1.82, 2.24) is 0 Å². The monoisotopic (exact) mass is 608 g/mol. The van der Waals surface area contributed by atoms with Crippen molar-refractivity contribution in [2.75, 3.05) is 26.4 Å². The van der Waals surface area contributed by atoms with Gasteiger partial charge in [-0.05, 0) is 38.5 Å². The first-order valence-electron chi connectivity index (χ1n) is 16.9. The lowest BCUT2D eigenvalue weighted by Crippen LogP contribution is -2.38. The van der Waals surface area contributed by atoms with Crippen molar-refractivity contribution in [3.8, 4) is 0 Å². The van der Waals surface area contributed by atoms with Gasteiger partial charge in [0.25, 0.3) is 0 Å². The van der Waals surface area contributed by atoms with Gasteiger partial charge >= 0.3 is 23.9 Å². The zero-order valence-electron chi connectivity index (χ0n) is 26.1. The lowest BCUT2D eigenvalue weighted by Gasteiger charge is -2.26. The topological polar surface area (TPSA) is 130 Å². The van der Waals surface area contributed by atoms with E-state index in [2.05, 4.69) is 13.8 Å². The number of unbranched alkanes of at least 4 members (excludes halogenated alkanes) is 8. The second-order valence-electron chi connectivity index (χ2n) is 12.6. The fraction of sp³-hybridized carbons (Fsp3) is 0.879. The molecular weight excluding hydrogens is 556 g/mol. The zero-order valence-corrected chi connectivity index (χ0v) is 26.1. The molecule has 8 atom stereocenters. The number of carbonyl (C=O) groups excluding carboxylic acids is 4. The second kappa shape index (κ2) is 17.3. The van der Waals surface area contributed by atoms with Crippen molar-refractivity contribution in [2.24, 2.45) is 23.7 Å². The molecule has 0 amide bonds. The number of hydrogen-bond acceptors (Lipinski definition) is 10. The van der Waals surface area contributed by atoms with Gasteiger partial charge in [-0.2, -0.15) is 0 Å². The summed E-state index contributed by atoms with van der Waals surface area (Å²) in [5.41, 5.74) is 0. The summed E-state index contributed by atoms with van der Waals surface area (Å²) in [6, 6.07) is 0. The number of ether oxygens (including phenoxy) is 6. The number of esters is 4. The molecule has 10 nitrogen and oxygen atoms in total. The van der Waals surface area contributed by atoms with Crippen LogP contribution < -0.4 is 0 Å². The van der Waals surface area contributed by atoms with E-state index in [4.69, 9.17) is 28.4 Å². The largest absolute Gasteiger partial charge is 0.465 e. The highest BCUT2D eigenvalue weighted by Crippen LogP contribution is 2.45. The van der Waals surface area contributed by atoms with Crippen molar-refractivity contribution in [3.05, 3.63) is 0 Å². The standard InChI is InChI=1S/C33H52O10/c1-3-5-7-9-11-14-38-30(34)22-18-26-28(42-26)20-24(22)32(36)40-16-13-17-41-33(37)25-21-29-27(43-29)19-23(25)31(35)39-15-12-10-8-6-4-2/h22-29H,3-21H2,1-2H3. The Morgan fingerprint density at radius 1 is 0.442 bits per heavy atom. The molecule has 0 aromatic rings. The summed E-state index contributed by atoms with van der Waals surface area (Å²) in [5, 5.41) is 0. The Labute approximate surface area is 256 Å². The molecule has 4 aliphatic rings. The predicted octanol–water partition coefficient (Wildman–Crippen LogP) is 5.08. The number of rotatable bonds is 20. The highest BCUT2D eigenvalue weighted by Gasteiger charge is 2.54. The molecule has 2 saturated carbocycles. The molecule has 2 saturated heterocycles. The van der Waals surface area contributed by atoms with Crippen LogP contribution in [0.4, 0.5) is 0 Å². The van der Waals surface area contributed by atoms with Gasteiger partial charge in [0.15, 0.2) is 0 Å². The summed E-state index contributed by atoms with van der Waals surface area (Å²) in [6.45, 7) is 5.19. The quantitative estimate of drug-likeness (QED) is 0.0798. The highest BCUT2D eigenvalue weighted by molar-refractivity contribution is 5.83. The van der Waals surface area contributed by atoms with E-state index >= 15 is 0 Å². The van der Waals surface area contributed by atoms with Crippen LogP contribution in [0.2, 0.25) is 0 Å². The molecule has 0 aromatic heterocycles. The molecule has 0 spiro atoms. The molecule has 10 heteroatoms. The van der Waals surface area contributed by atoms with Crippen LogP contribution in [0, 0.1) is 23.7 Å². The van der Waals surface area contributed by atoms with E-state index in [0.29, 0.717) is 45.3 Å². The first kappa shape index (κ1) is 33.7. The van der Waals surface area contributed by atoms with Crippen LogP contribution in [-0.2, 0) is 47.6 Å². The van der Waals surface area contributed by atoms with Crippen LogP contribution in [0.1, 0.15) is 110 Å². The van der Waals surface area contributed by atoms with E-state index in [1.54, 1.807) is 0 Å². The van der Waals surface area contributed by atoms with Crippen LogP contribution in [0.3, 0.4) is 0 Å². The summed E-state index contributed by atoms with van der Waals surface area (Å²) >= 11 is 0. The van der Waals surface area contributed by atoms with Crippen LogP contribution in [-0.4, -0.2) is 74.7 Å². The van der Waals surface area contributed by atoms with Crippen LogP contribution >= 0.6 is 0 Å². The maximum absolute atomic E-state index is 12.9. The molecule has 2 aliphatic carbocycles. The molecular formula is C33H52O10. The number of carbonyl (C=O) groups is 4. The Bertz CT molecular complexity index is 849. The van der Waals surface area contributed by atoms with Gasteiger partial charge in [-0.15, -0.1) is 0 Å². The Balaban J connectivity index is 1.14. The van der Waals surface area contributed by atoms with E-state index in [1.807, 2.05) is 0 Å². The van der Waals surface area contributed by atoms with E-state index in [9.17, 15) is 19.2 Å². The smallest absolute Gasteiger partial charge is 0.309 e. The minimum absolute atomic E-state index is 0.00262. The maximum Gasteiger partial charge on any atom is 0.309 e. The minimum Gasteiger partial charge on any atom is -0.465 e. The third-order valence-corrected chi connectivity index (χ3v) is 9.26. The number of hydrogen-bond donors (Lipinski definition) is 0. The molecule has 2 aliphatic heterocycles. The van der Waals surface area contributed by atoms with Crippen molar-refractivity contribution in [3.63, 3.8) is 0 Å². The van der Waals surface area contributed by atoms with Gasteiger partial charge in [0.05, 0.1) is 74.5 Å². The van der Waals surface area contributed by atoms with Crippen LogP contribution in [0.5, 0.6) is 0 Å². The lowest BCUT2D eigenvalue weighted by molar-refractivity contribution is -0.164. The SMILES string of the molecule is CCCCCCCOC(=O)C1CC2OC2CC1C(=O)OCCCOC(=O)C1CC2OC2CC1C(=O)OCCCCCCC. The summed E-state index contributed by atoms with van der Waals surface area (Å²) < 4.78 is 33.2. The van der Waals surface area contributed by atoms with Gasteiger partial charge < -0.3 is 28.4 Å². The Morgan fingerprint density at radius 2 is 0.721 bits per heavy atom. The first-order chi connectivity index (χ1) is 20.9. The third-order valence-electron chi connectivity index (χ3n) is 9.26. The van der Waals surface area contributed by atoms with Gasteiger partial charge in [0, 0.05) is 6.42 Å². The molecule has 0 bridgehead atoms. The Kier molecular flexibility index (Phi) is 13.6. The van der Waals surface area contributed by atoms with E-state index < -0.39 is 35.6 Å². The summed E-state index contributed by atoms with van der Waals surface area (Å²) in [4.78, 5) is 51.4. The van der Waals surface area contributed by atoms with Gasteiger partial charge in [-0.25, -0.2) is 0 Å². The van der Waals surface area contributed by atoms with Crippen molar-refractivity contribution < 1.29 is 47.6 Å². The van der Waals surface area contributed by atoms with Gasteiger partial charge in [0.1, 0.15) is 0 Å². The summed E-state index contributed by atoms with van der Waals surface area (Å²) in [7, 11) is 0. The fourth-order valence-electron chi connectivity index (χ4n) is 6.48. The van der Waals surface area contributed by atoms with Crippen LogP contribution in [0.15, 0.2) is 0 Å². The maximum atomic E-state index is 12.9. The highest BCUT2D eigenvalue weighted by atomic mass is 16.6. The van der Waals surface area contributed by atoms with E-state index in [1.165, 1.54) is 12.8 Å². The lowest BCUT2D eigenvalue weighted by atomic mass is 9.79. The number of epoxide rings is 2. The van der Waals surface area contributed by atoms with Crippen molar-refractivity contribution >= 4 is 23.9 Å². The molecule has 8 unspecified atom stereocenters. The third kappa shape index (κ3) is 10.4. The van der Waals surface area contributed by atoms with Gasteiger partial charge in [-0.1, -0.05) is 65.2 Å². The van der Waals surface area contributed by atoms with E-state index in [0.717, 1.165) is 51.4 Å².